The molecule has 1 saturated heterocycles. The molecule has 0 atom stereocenters. The monoisotopic (exact) mass is 287 g/mol. The number of halogens is 2. The summed E-state index contributed by atoms with van der Waals surface area (Å²) < 4.78 is 34.9. The van der Waals surface area contributed by atoms with Gasteiger partial charge in [-0.25, -0.2) is 4.79 Å². The van der Waals surface area contributed by atoms with E-state index < -0.39 is 24.6 Å². The number of hydrogen-bond acceptors (Lipinski definition) is 4. The highest BCUT2D eigenvalue weighted by Gasteiger charge is 2.25. The Kier molecular flexibility index (Phi) is 4.26. The van der Waals surface area contributed by atoms with Crippen molar-refractivity contribution < 1.29 is 33.0 Å². The highest BCUT2D eigenvalue weighted by molar-refractivity contribution is 5.95. The fraction of sp³-hybridized carbons (Fsp3) is 0.333. The van der Waals surface area contributed by atoms with Gasteiger partial charge in [0.1, 0.15) is 0 Å². The average molecular weight is 287 g/mol. The van der Waals surface area contributed by atoms with Gasteiger partial charge in [-0.3, -0.25) is 4.79 Å². The van der Waals surface area contributed by atoms with Gasteiger partial charge in [0.15, 0.2) is 6.29 Å². The first-order valence-electron chi connectivity index (χ1n) is 5.68. The fourth-order valence-corrected chi connectivity index (χ4v) is 1.73. The van der Waals surface area contributed by atoms with Crippen molar-refractivity contribution in [2.45, 2.75) is 12.7 Å². The Morgan fingerprint density at radius 3 is 2.50 bits per heavy atom. The van der Waals surface area contributed by atoms with E-state index in [1.807, 2.05) is 5.32 Å². The van der Waals surface area contributed by atoms with Crippen LogP contribution in [0.3, 0.4) is 0 Å². The molecule has 8 heteroatoms. The number of ether oxygens (including phenoxy) is 2. The number of alkyl halides is 2. The van der Waals surface area contributed by atoms with Crippen molar-refractivity contribution in [2.24, 2.45) is 0 Å². The molecule has 0 saturated carbocycles. The second-order valence-electron chi connectivity index (χ2n) is 3.97. The van der Waals surface area contributed by atoms with Crippen molar-refractivity contribution in [2.75, 3.05) is 18.5 Å². The van der Waals surface area contributed by atoms with Crippen molar-refractivity contribution >= 4 is 17.6 Å². The summed E-state index contributed by atoms with van der Waals surface area (Å²) in [5.41, 5.74) is 0.165. The largest absolute Gasteiger partial charge is 0.478 e. The van der Waals surface area contributed by atoms with Crippen molar-refractivity contribution in [3.05, 3.63) is 29.3 Å². The van der Waals surface area contributed by atoms with E-state index in [4.69, 9.17) is 14.6 Å². The van der Waals surface area contributed by atoms with E-state index in [0.717, 1.165) is 0 Å². The zero-order chi connectivity index (χ0) is 14.7. The minimum absolute atomic E-state index is 0.0344. The molecule has 20 heavy (non-hydrogen) atoms. The third kappa shape index (κ3) is 3.09. The maximum absolute atomic E-state index is 12.3. The number of amides is 1. The van der Waals surface area contributed by atoms with Crippen LogP contribution in [0.2, 0.25) is 0 Å². The Morgan fingerprint density at radius 1 is 1.30 bits per heavy atom. The third-order valence-corrected chi connectivity index (χ3v) is 2.63. The van der Waals surface area contributed by atoms with Crippen LogP contribution in [0.25, 0.3) is 0 Å². The van der Waals surface area contributed by atoms with Crippen molar-refractivity contribution in [3.8, 4) is 0 Å². The first kappa shape index (κ1) is 14.4. The number of carboxylic acid groups (broad SMARTS) is 1. The summed E-state index contributed by atoms with van der Waals surface area (Å²) in [6.07, 6.45) is -4.06. The summed E-state index contributed by atoms with van der Waals surface area (Å²) in [5.74, 6) is -2.66. The minimum Gasteiger partial charge on any atom is -0.478 e. The first-order valence-corrected chi connectivity index (χ1v) is 5.68. The van der Waals surface area contributed by atoms with E-state index in [1.54, 1.807) is 0 Å². The second-order valence-corrected chi connectivity index (χ2v) is 3.97. The molecule has 108 valence electrons. The molecule has 1 heterocycles. The molecule has 0 spiro atoms. The van der Waals surface area contributed by atoms with Crippen LogP contribution in [0.1, 0.15) is 22.2 Å². The molecule has 0 aromatic heterocycles. The molecule has 2 rings (SSSR count). The Balaban J connectivity index is 2.34. The SMILES string of the molecule is O=C(O)c1ccc(NC(=O)C(F)F)c(C2OCCO2)c1. The molecular weight excluding hydrogens is 276 g/mol. The summed E-state index contributed by atoms with van der Waals surface area (Å²) in [4.78, 5) is 22.0. The number of carbonyl (C=O) groups is 2. The Labute approximate surface area is 112 Å². The van der Waals surface area contributed by atoms with E-state index in [0.29, 0.717) is 13.2 Å². The third-order valence-electron chi connectivity index (χ3n) is 2.63. The number of anilines is 1. The topological polar surface area (TPSA) is 84.9 Å². The average Bonchev–Trinajstić information content (AvgIpc) is 2.92. The van der Waals surface area contributed by atoms with Crippen molar-refractivity contribution in [3.63, 3.8) is 0 Å². The molecule has 0 bridgehead atoms. The van der Waals surface area contributed by atoms with E-state index >= 15 is 0 Å². The molecule has 0 unspecified atom stereocenters. The van der Waals surface area contributed by atoms with Crippen LogP contribution in [0.4, 0.5) is 14.5 Å². The lowest BCUT2D eigenvalue weighted by Crippen LogP contribution is -2.21. The lowest BCUT2D eigenvalue weighted by molar-refractivity contribution is -0.126. The van der Waals surface area contributed by atoms with Gasteiger partial charge < -0.3 is 19.9 Å². The number of carbonyl (C=O) groups excluding carboxylic acids is 1. The lowest BCUT2D eigenvalue weighted by atomic mass is 10.1. The van der Waals surface area contributed by atoms with Crippen LogP contribution in [0.5, 0.6) is 0 Å². The maximum Gasteiger partial charge on any atom is 0.335 e. The molecule has 0 aliphatic carbocycles. The predicted octanol–water partition coefficient (Wildman–Crippen LogP) is 1.63. The van der Waals surface area contributed by atoms with Gasteiger partial charge in [0, 0.05) is 11.3 Å². The molecule has 1 fully saturated rings. The van der Waals surface area contributed by atoms with E-state index in [2.05, 4.69) is 0 Å². The zero-order valence-electron chi connectivity index (χ0n) is 10.1. The molecule has 1 aromatic rings. The number of carboxylic acids is 1. The molecule has 1 aliphatic heterocycles. The second kappa shape index (κ2) is 5.93. The quantitative estimate of drug-likeness (QED) is 0.879. The number of benzene rings is 1. The van der Waals surface area contributed by atoms with Crippen LogP contribution in [-0.2, 0) is 14.3 Å². The van der Waals surface area contributed by atoms with Gasteiger partial charge in [0.25, 0.3) is 5.91 Å². The summed E-state index contributed by atoms with van der Waals surface area (Å²) >= 11 is 0. The number of rotatable bonds is 4. The van der Waals surface area contributed by atoms with Gasteiger partial charge in [-0.15, -0.1) is 0 Å². The maximum atomic E-state index is 12.3. The predicted molar refractivity (Wildman–Crippen MR) is 62.7 cm³/mol. The van der Waals surface area contributed by atoms with Crippen LogP contribution in [-0.4, -0.2) is 36.6 Å². The molecular formula is C12H11F2NO5. The Bertz CT molecular complexity index is 529. The number of aromatic carboxylic acids is 1. The zero-order valence-corrected chi connectivity index (χ0v) is 10.1. The van der Waals surface area contributed by atoms with E-state index in [9.17, 15) is 18.4 Å². The van der Waals surface area contributed by atoms with Crippen molar-refractivity contribution in [1.82, 2.24) is 0 Å². The van der Waals surface area contributed by atoms with Gasteiger partial charge in [-0.1, -0.05) is 0 Å². The smallest absolute Gasteiger partial charge is 0.335 e. The van der Waals surface area contributed by atoms with Gasteiger partial charge in [-0.05, 0) is 18.2 Å². The minimum atomic E-state index is -3.17. The van der Waals surface area contributed by atoms with Crippen LogP contribution < -0.4 is 5.32 Å². The molecule has 1 amide bonds. The van der Waals surface area contributed by atoms with Crippen molar-refractivity contribution in [1.29, 1.82) is 0 Å². The van der Waals surface area contributed by atoms with E-state index in [1.165, 1.54) is 18.2 Å². The highest BCUT2D eigenvalue weighted by atomic mass is 19.3. The molecule has 2 N–H and O–H groups in total. The molecule has 6 nitrogen and oxygen atoms in total. The molecule has 1 aliphatic rings. The summed E-state index contributed by atoms with van der Waals surface area (Å²) in [7, 11) is 0. The van der Waals surface area contributed by atoms with Gasteiger partial charge in [0.05, 0.1) is 18.8 Å². The summed E-state index contributed by atoms with van der Waals surface area (Å²) in [6.45, 7) is 0.592. The number of nitrogens with one attached hydrogen (secondary N) is 1. The summed E-state index contributed by atoms with van der Waals surface area (Å²) in [6, 6.07) is 3.64. The lowest BCUT2D eigenvalue weighted by Gasteiger charge is -2.16. The summed E-state index contributed by atoms with van der Waals surface area (Å²) in [5, 5.41) is 10.9. The van der Waals surface area contributed by atoms with Gasteiger partial charge in [-0.2, -0.15) is 8.78 Å². The first-order chi connectivity index (χ1) is 9.49. The normalized spacial score (nSPS) is 15.6. The fourth-order valence-electron chi connectivity index (χ4n) is 1.73. The van der Waals surface area contributed by atoms with Gasteiger partial charge in [0.2, 0.25) is 0 Å². The standard InChI is InChI=1S/C12H11F2NO5/c13-9(14)10(16)15-8-2-1-6(11(17)18)5-7(8)12-19-3-4-20-12/h1-2,5,9,12H,3-4H2,(H,15,16)(H,17,18). The molecule has 1 aromatic carbocycles. The van der Waals surface area contributed by atoms with E-state index in [-0.39, 0.29) is 16.8 Å². The van der Waals surface area contributed by atoms with Crippen LogP contribution >= 0.6 is 0 Å². The molecule has 0 radical (unpaired) electrons. The van der Waals surface area contributed by atoms with Gasteiger partial charge >= 0.3 is 12.4 Å². The Hall–Kier alpha value is -2.06. The number of hydrogen-bond donors (Lipinski definition) is 2. The van der Waals surface area contributed by atoms with Crippen LogP contribution in [0.15, 0.2) is 18.2 Å². The highest BCUT2D eigenvalue weighted by Crippen LogP contribution is 2.31. The van der Waals surface area contributed by atoms with Crippen LogP contribution in [0, 0.1) is 0 Å². The Morgan fingerprint density at radius 2 is 1.95 bits per heavy atom.